The van der Waals surface area contributed by atoms with Crippen LogP contribution in [0.15, 0.2) is 4.99 Å². The van der Waals surface area contributed by atoms with Crippen molar-refractivity contribution < 1.29 is 24.2 Å². The molecule has 0 saturated heterocycles. The molecule has 1 N–H and O–H groups in total. The maximum Gasteiger partial charge on any atom is 0.328 e. The molecule has 0 radical (unpaired) electrons. The van der Waals surface area contributed by atoms with Crippen molar-refractivity contribution in [1.29, 1.82) is 0 Å². The fourth-order valence-electron chi connectivity index (χ4n) is 0.843. The van der Waals surface area contributed by atoms with Crippen molar-refractivity contribution in [3.8, 4) is 0 Å². The Morgan fingerprint density at radius 1 is 1.44 bits per heavy atom. The lowest BCUT2D eigenvalue weighted by Gasteiger charge is -2.07. The van der Waals surface area contributed by atoms with Crippen LogP contribution in [0.4, 0.5) is 0 Å². The van der Waals surface area contributed by atoms with Crippen LogP contribution < -0.4 is 0 Å². The first-order valence-electron chi connectivity index (χ1n) is 4.83. The third-order valence-corrected chi connectivity index (χ3v) is 1.79. The van der Waals surface area contributed by atoms with Crippen LogP contribution in [0.3, 0.4) is 0 Å². The van der Waals surface area contributed by atoms with Gasteiger partial charge in [-0.2, -0.15) is 0 Å². The number of esters is 1. The molecule has 2 atom stereocenters. The first kappa shape index (κ1) is 14.3. The maximum absolute atomic E-state index is 11.3. The molecule has 0 fully saturated rings. The van der Waals surface area contributed by atoms with Gasteiger partial charge in [-0.25, -0.2) is 4.79 Å². The van der Waals surface area contributed by atoms with Gasteiger partial charge < -0.3 is 9.84 Å². The summed E-state index contributed by atoms with van der Waals surface area (Å²) >= 11 is 0. The average Bonchev–Trinajstić information content (AvgIpc) is 2.17. The smallest absolute Gasteiger partial charge is 0.328 e. The fraction of sp³-hybridized carbons (Fsp3) is 0.600. The van der Waals surface area contributed by atoms with E-state index in [2.05, 4.69) is 9.73 Å². The molecule has 0 aliphatic heterocycles. The minimum atomic E-state index is -1.12. The van der Waals surface area contributed by atoms with Crippen molar-refractivity contribution in [1.82, 2.24) is 0 Å². The topological polar surface area (TPSA) is 93.0 Å². The number of hydrogen-bond donors (Lipinski definition) is 1. The minimum Gasteiger partial charge on any atom is -0.480 e. The highest BCUT2D eigenvalue weighted by molar-refractivity contribution is 6.11. The first-order chi connectivity index (χ1) is 7.40. The SMILES string of the molecule is CCOC(=O)[C@@H](C=N[C@H](C)C(=O)O)C(C)=O. The quantitative estimate of drug-likeness (QED) is 0.401. The number of rotatable bonds is 6. The van der Waals surface area contributed by atoms with E-state index < -0.39 is 29.7 Å². The Morgan fingerprint density at radius 2 is 2.00 bits per heavy atom. The molecular formula is C10H15NO5. The third-order valence-electron chi connectivity index (χ3n) is 1.79. The summed E-state index contributed by atoms with van der Waals surface area (Å²) in [5.74, 6) is -3.39. The number of aliphatic carboxylic acids is 1. The van der Waals surface area contributed by atoms with Gasteiger partial charge in [0.05, 0.1) is 6.61 Å². The molecule has 0 aromatic heterocycles. The highest BCUT2D eigenvalue weighted by atomic mass is 16.5. The zero-order valence-electron chi connectivity index (χ0n) is 9.47. The van der Waals surface area contributed by atoms with Crippen LogP contribution in [0.1, 0.15) is 20.8 Å². The Morgan fingerprint density at radius 3 is 2.38 bits per heavy atom. The molecule has 90 valence electrons. The van der Waals surface area contributed by atoms with E-state index in [0.29, 0.717) is 0 Å². The molecule has 0 rings (SSSR count). The zero-order chi connectivity index (χ0) is 12.7. The van der Waals surface area contributed by atoms with Gasteiger partial charge in [-0.15, -0.1) is 0 Å². The van der Waals surface area contributed by atoms with Crippen molar-refractivity contribution in [2.45, 2.75) is 26.8 Å². The molecule has 0 aromatic rings. The predicted molar refractivity (Wildman–Crippen MR) is 56.4 cm³/mol. The number of aliphatic imine (C=N–C) groups is 1. The summed E-state index contributed by atoms with van der Waals surface area (Å²) in [5.41, 5.74) is 0. The van der Waals surface area contributed by atoms with Gasteiger partial charge in [-0.1, -0.05) is 0 Å². The number of carbonyl (C=O) groups is 3. The Kier molecular flexibility index (Phi) is 5.99. The van der Waals surface area contributed by atoms with Gasteiger partial charge in [-0.3, -0.25) is 14.6 Å². The van der Waals surface area contributed by atoms with E-state index in [9.17, 15) is 14.4 Å². The minimum absolute atomic E-state index is 0.158. The summed E-state index contributed by atoms with van der Waals surface area (Å²) in [7, 11) is 0. The average molecular weight is 229 g/mol. The fourth-order valence-corrected chi connectivity index (χ4v) is 0.843. The normalized spacial score (nSPS) is 14.4. The van der Waals surface area contributed by atoms with E-state index in [0.717, 1.165) is 6.21 Å². The number of carboxylic acid groups (broad SMARTS) is 1. The summed E-state index contributed by atoms with van der Waals surface area (Å²) < 4.78 is 4.66. The summed E-state index contributed by atoms with van der Waals surface area (Å²) in [6.45, 7) is 4.34. The lowest BCUT2D eigenvalue weighted by molar-refractivity contribution is -0.148. The highest BCUT2D eigenvalue weighted by Crippen LogP contribution is 2.00. The molecule has 0 unspecified atom stereocenters. The van der Waals surface area contributed by atoms with E-state index >= 15 is 0 Å². The van der Waals surface area contributed by atoms with Gasteiger partial charge >= 0.3 is 11.9 Å². The summed E-state index contributed by atoms with van der Waals surface area (Å²) in [5, 5.41) is 8.56. The van der Waals surface area contributed by atoms with E-state index in [4.69, 9.17) is 5.11 Å². The monoisotopic (exact) mass is 229 g/mol. The van der Waals surface area contributed by atoms with Gasteiger partial charge in [0.15, 0.2) is 0 Å². The van der Waals surface area contributed by atoms with Crippen molar-refractivity contribution in [3.63, 3.8) is 0 Å². The summed E-state index contributed by atoms with van der Waals surface area (Å²) in [6.07, 6.45) is 1.03. The van der Waals surface area contributed by atoms with Gasteiger partial charge in [-0.05, 0) is 20.8 Å². The molecular weight excluding hydrogens is 214 g/mol. The maximum atomic E-state index is 11.3. The van der Waals surface area contributed by atoms with Crippen molar-refractivity contribution in [2.75, 3.05) is 6.61 Å². The number of ether oxygens (including phenoxy) is 1. The van der Waals surface area contributed by atoms with Gasteiger partial charge in [0.1, 0.15) is 17.7 Å². The molecule has 0 aliphatic rings. The second kappa shape index (κ2) is 6.71. The summed E-state index contributed by atoms with van der Waals surface area (Å²) in [6, 6.07) is -0.990. The molecule has 0 bridgehead atoms. The number of ketones is 1. The molecule has 0 saturated carbocycles. The van der Waals surface area contributed by atoms with Crippen molar-refractivity contribution in [3.05, 3.63) is 0 Å². The Bertz CT molecular complexity index is 310. The second-order valence-electron chi connectivity index (χ2n) is 3.15. The summed E-state index contributed by atoms with van der Waals surface area (Å²) in [4.78, 5) is 36.5. The van der Waals surface area contributed by atoms with E-state index in [1.165, 1.54) is 13.8 Å². The van der Waals surface area contributed by atoms with Crippen LogP contribution in [-0.4, -0.2) is 41.7 Å². The molecule has 16 heavy (non-hydrogen) atoms. The number of carboxylic acids is 1. The standard InChI is InChI=1S/C10H15NO5/c1-4-16-10(15)8(7(3)12)5-11-6(2)9(13)14/h5-6,8H,4H2,1-3H3,(H,13,14)/t6-,8+/m1/s1. The largest absolute Gasteiger partial charge is 0.480 e. The third kappa shape index (κ3) is 4.68. The Balaban J connectivity index is 4.63. The van der Waals surface area contributed by atoms with Crippen LogP contribution in [0, 0.1) is 5.92 Å². The van der Waals surface area contributed by atoms with Crippen LogP contribution in [0.5, 0.6) is 0 Å². The lowest BCUT2D eigenvalue weighted by Crippen LogP contribution is -2.27. The van der Waals surface area contributed by atoms with E-state index in [1.54, 1.807) is 6.92 Å². The number of Topliss-reactive ketones (excluding diaryl/α,β-unsaturated/α-hetero) is 1. The van der Waals surface area contributed by atoms with Crippen molar-refractivity contribution in [2.24, 2.45) is 10.9 Å². The zero-order valence-corrected chi connectivity index (χ0v) is 9.47. The highest BCUT2D eigenvalue weighted by Gasteiger charge is 2.23. The molecule has 0 spiro atoms. The van der Waals surface area contributed by atoms with Gasteiger partial charge in [0.2, 0.25) is 0 Å². The predicted octanol–water partition coefficient (Wildman–Crippen LogP) is 0.299. The molecule has 0 aromatic carbocycles. The second-order valence-corrected chi connectivity index (χ2v) is 3.15. The first-order valence-corrected chi connectivity index (χ1v) is 4.83. The lowest BCUT2D eigenvalue weighted by atomic mass is 10.1. The molecule has 0 aliphatic carbocycles. The van der Waals surface area contributed by atoms with Crippen LogP contribution in [-0.2, 0) is 19.1 Å². The molecule has 0 heterocycles. The molecule has 0 amide bonds. The van der Waals surface area contributed by atoms with Gasteiger partial charge in [0, 0.05) is 6.21 Å². The number of carbonyl (C=O) groups excluding carboxylic acids is 2. The van der Waals surface area contributed by atoms with Crippen LogP contribution in [0.2, 0.25) is 0 Å². The van der Waals surface area contributed by atoms with Crippen LogP contribution >= 0.6 is 0 Å². The number of hydrogen-bond acceptors (Lipinski definition) is 5. The van der Waals surface area contributed by atoms with E-state index in [1.807, 2.05) is 0 Å². The Hall–Kier alpha value is -1.72. The Labute approximate surface area is 93.3 Å². The van der Waals surface area contributed by atoms with Gasteiger partial charge in [0.25, 0.3) is 0 Å². The van der Waals surface area contributed by atoms with Crippen LogP contribution in [0.25, 0.3) is 0 Å². The van der Waals surface area contributed by atoms with E-state index in [-0.39, 0.29) is 6.61 Å². The molecule has 6 heteroatoms. The molecule has 6 nitrogen and oxygen atoms in total. The number of nitrogens with zero attached hydrogens (tertiary/aromatic N) is 1. The van der Waals surface area contributed by atoms with Crippen molar-refractivity contribution >= 4 is 23.9 Å².